The Bertz CT molecular complexity index is 298. The topological polar surface area (TPSA) is 29.0 Å². The van der Waals surface area contributed by atoms with E-state index in [-0.39, 0.29) is 0 Å². The predicted octanol–water partition coefficient (Wildman–Crippen LogP) is 2.62. The minimum atomic E-state index is 0.737. The largest absolute Gasteiger partial charge is 0.292 e. The zero-order valence-corrected chi connectivity index (χ0v) is 11.1. The first kappa shape index (κ1) is 12.0. The lowest BCUT2D eigenvalue weighted by Gasteiger charge is -2.27. The van der Waals surface area contributed by atoms with Gasteiger partial charge in [-0.3, -0.25) is 4.90 Å². The van der Waals surface area contributed by atoms with Crippen LogP contribution in [0.3, 0.4) is 0 Å². The molecule has 2 rings (SSSR count). The fourth-order valence-electron chi connectivity index (χ4n) is 2.36. The van der Waals surface area contributed by atoms with Gasteiger partial charge in [-0.2, -0.15) is 0 Å². The number of halogens is 1. The van der Waals surface area contributed by atoms with Crippen molar-refractivity contribution >= 4 is 15.9 Å². The highest BCUT2D eigenvalue weighted by Crippen LogP contribution is 2.24. The van der Waals surface area contributed by atoms with Crippen molar-refractivity contribution in [2.75, 3.05) is 11.9 Å². The Labute approximate surface area is 105 Å². The van der Waals surface area contributed by atoms with E-state index in [1.54, 1.807) is 0 Å². The van der Waals surface area contributed by atoms with Crippen molar-refractivity contribution in [2.45, 2.75) is 38.3 Å². The van der Waals surface area contributed by atoms with Crippen LogP contribution in [0, 0.1) is 0 Å². The summed E-state index contributed by atoms with van der Waals surface area (Å²) in [4.78, 5) is 11.1. The molecule has 0 spiro atoms. The SMILES string of the molecule is BrCCN(Cc1ncccn1)C1CCCC1. The first-order valence-corrected chi connectivity index (χ1v) is 7.08. The molecule has 1 saturated carbocycles. The summed E-state index contributed by atoms with van der Waals surface area (Å²) in [6, 6.07) is 2.61. The highest BCUT2D eigenvalue weighted by atomic mass is 79.9. The summed E-state index contributed by atoms with van der Waals surface area (Å²) in [6.45, 7) is 1.97. The van der Waals surface area contributed by atoms with Crippen LogP contribution in [0.2, 0.25) is 0 Å². The molecule has 16 heavy (non-hydrogen) atoms. The van der Waals surface area contributed by atoms with Crippen LogP contribution in [0.1, 0.15) is 31.5 Å². The first-order valence-electron chi connectivity index (χ1n) is 5.96. The van der Waals surface area contributed by atoms with Gasteiger partial charge in [0, 0.05) is 30.3 Å². The lowest BCUT2D eigenvalue weighted by Crippen LogP contribution is -2.34. The van der Waals surface area contributed by atoms with E-state index in [0.29, 0.717) is 0 Å². The molecule has 88 valence electrons. The van der Waals surface area contributed by atoms with Gasteiger partial charge in [0.25, 0.3) is 0 Å². The van der Waals surface area contributed by atoms with Crippen LogP contribution in [0.5, 0.6) is 0 Å². The lowest BCUT2D eigenvalue weighted by atomic mass is 10.2. The summed E-state index contributed by atoms with van der Waals surface area (Å²) in [6.07, 6.45) is 9.06. The molecule has 0 aromatic carbocycles. The number of hydrogen-bond acceptors (Lipinski definition) is 3. The number of rotatable bonds is 5. The zero-order valence-electron chi connectivity index (χ0n) is 9.48. The monoisotopic (exact) mass is 283 g/mol. The summed E-state index contributed by atoms with van der Waals surface area (Å²) in [5.74, 6) is 0.940. The summed E-state index contributed by atoms with van der Waals surface area (Å²) in [5, 5.41) is 1.02. The molecule has 0 saturated heterocycles. The Morgan fingerprint density at radius 3 is 2.56 bits per heavy atom. The number of hydrogen-bond donors (Lipinski definition) is 0. The molecule has 1 fully saturated rings. The van der Waals surface area contributed by atoms with Crippen LogP contribution < -0.4 is 0 Å². The van der Waals surface area contributed by atoms with Gasteiger partial charge in [-0.15, -0.1) is 0 Å². The third kappa shape index (κ3) is 3.25. The van der Waals surface area contributed by atoms with Gasteiger partial charge in [-0.25, -0.2) is 9.97 Å². The molecule has 4 heteroatoms. The summed E-state index contributed by atoms with van der Waals surface area (Å²) in [5.41, 5.74) is 0. The minimum Gasteiger partial charge on any atom is -0.292 e. The molecule has 0 atom stereocenters. The second-order valence-electron chi connectivity index (χ2n) is 4.26. The molecule has 1 aliphatic rings. The normalized spacial score (nSPS) is 17.1. The lowest BCUT2D eigenvalue weighted by molar-refractivity contribution is 0.197. The summed E-state index contributed by atoms with van der Waals surface area (Å²) in [7, 11) is 0. The van der Waals surface area contributed by atoms with Gasteiger partial charge in [0.1, 0.15) is 5.82 Å². The maximum Gasteiger partial charge on any atom is 0.142 e. The van der Waals surface area contributed by atoms with E-state index >= 15 is 0 Å². The van der Waals surface area contributed by atoms with Crippen LogP contribution in [0.15, 0.2) is 18.5 Å². The number of aromatic nitrogens is 2. The summed E-state index contributed by atoms with van der Waals surface area (Å²) >= 11 is 3.53. The van der Waals surface area contributed by atoms with E-state index in [1.165, 1.54) is 25.7 Å². The van der Waals surface area contributed by atoms with Crippen molar-refractivity contribution in [3.63, 3.8) is 0 Å². The van der Waals surface area contributed by atoms with Crippen LogP contribution in [0.4, 0.5) is 0 Å². The fraction of sp³-hybridized carbons (Fsp3) is 0.667. The Hall–Kier alpha value is -0.480. The molecule has 0 bridgehead atoms. The Balaban J connectivity index is 1.96. The van der Waals surface area contributed by atoms with Gasteiger partial charge >= 0.3 is 0 Å². The van der Waals surface area contributed by atoms with Crippen LogP contribution in [-0.2, 0) is 6.54 Å². The van der Waals surface area contributed by atoms with Crippen molar-refractivity contribution in [1.82, 2.24) is 14.9 Å². The van der Waals surface area contributed by atoms with Gasteiger partial charge in [0.05, 0.1) is 6.54 Å². The van der Waals surface area contributed by atoms with E-state index in [0.717, 1.165) is 30.3 Å². The smallest absolute Gasteiger partial charge is 0.142 e. The van der Waals surface area contributed by atoms with E-state index in [9.17, 15) is 0 Å². The third-order valence-corrected chi connectivity index (χ3v) is 3.53. The maximum atomic E-state index is 4.30. The van der Waals surface area contributed by atoms with Crippen molar-refractivity contribution in [3.8, 4) is 0 Å². The van der Waals surface area contributed by atoms with Gasteiger partial charge < -0.3 is 0 Å². The van der Waals surface area contributed by atoms with E-state index in [2.05, 4.69) is 30.8 Å². The molecule has 0 N–H and O–H groups in total. The molecule has 1 aromatic rings. The molecule has 1 aromatic heterocycles. The number of nitrogens with zero attached hydrogens (tertiary/aromatic N) is 3. The first-order chi connectivity index (χ1) is 7.90. The second-order valence-corrected chi connectivity index (χ2v) is 5.06. The highest BCUT2D eigenvalue weighted by molar-refractivity contribution is 9.09. The minimum absolute atomic E-state index is 0.737. The standard InChI is InChI=1S/C12H18BrN3/c13-6-9-16(11-4-1-2-5-11)10-12-14-7-3-8-15-12/h3,7-8,11H,1-2,4-6,9-10H2. The van der Waals surface area contributed by atoms with Gasteiger partial charge in [0.2, 0.25) is 0 Å². The van der Waals surface area contributed by atoms with E-state index < -0.39 is 0 Å². The van der Waals surface area contributed by atoms with Crippen LogP contribution in [0.25, 0.3) is 0 Å². The van der Waals surface area contributed by atoms with Gasteiger partial charge in [0.15, 0.2) is 0 Å². The molecule has 0 radical (unpaired) electrons. The van der Waals surface area contributed by atoms with E-state index in [1.807, 2.05) is 18.5 Å². The van der Waals surface area contributed by atoms with Gasteiger partial charge in [-0.1, -0.05) is 28.8 Å². The molecular formula is C12H18BrN3. The Morgan fingerprint density at radius 1 is 1.25 bits per heavy atom. The molecule has 1 aliphatic carbocycles. The van der Waals surface area contributed by atoms with Crippen LogP contribution >= 0.6 is 15.9 Å². The van der Waals surface area contributed by atoms with E-state index in [4.69, 9.17) is 0 Å². The molecule has 1 heterocycles. The fourth-order valence-corrected chi connectivity index (χ4v) is 2.82. The Morgan fingerprint density at radius 2 is 1.94 bits per heavy atom. The molecule has 0 unspecified atom stereocenters. The van der Waals surface area contributed by atoms with Crippen LogP contribution in [-0.4, -0.2) is 32.8 Å². The zero-order chi connectivity index (χ0) is 11.2. The average Bonchev–Trinajstić information content (AvgIpc) is 2.83. The quantitative estimate of drug-likeness (QED) is 0.778. The van der Waals surface area contributed by atoms with Crippen molar-refractivity contribution in [1.29, 1.82) is 0 Å². The second kappa shape index (κ2) is 6.30. The van der Waals surface area contributed by atoms with Gasteiger partial charge in [-0.05, 0) is 18.9 Å². The molecule has 0 aliphatic heterocycles. The van der Waals surface area contributed by atoms with Crippen molar-refractivity contribution in [3.05, 3.63) is 24.3 Å². The van der Waals surface area contributed by atoms with Crippen molar-refractivity contribution in [2.24, 2.45) is 0 Å². The predicted molar refractivity (Wildman–Crippen MR) is 68.5 cm³/mol. The Kier molecular flexibility index (Phi) is 4.72. The molecular weight excluding hydrogens is 266 g/mol. The molecule has 3 nitrogen and oxygen atoms in total. The molecule has 0 amide bonds. The average molecular weight is 284 g/mol. The third-order valence-electron chi connectivity index (χ3n) is 3.18. The summed E-state index contributed by atoms with van der Waals surface area (Å²) < 4.78 is 0. The number of alkyl halides is 1. The van der Waals surface area contributed by atoms with Crippen molar-refractivity contribution < 1.29 is 0 Å². The maximum absolute atomic E-state index is 4.30. The highest BCUT2D eigenvalue weighted by Gasteiger charge is 2.22.